The van der Waals surface area contributed by atoms with Crippen LogP contribution in [0.2, 0.25) is 0 Å². The summed E-state index contributed by atoms with van der Waals surface area (Å²) in [6.07, 6.45) is 4.38. The van der Waals surface area contributed by atoms with E-state index in [-0.39, 0.29) is 5.56 Å². The second-order valence-electron chi connectivity index (χ2n) is 5.07. The summed E-state index contributed by atoms with van der Waals surface area (Å²) in [7, 11) is 0. The van der Waals surface area contributed by atoms with Crippen LogP contribution in [0.15, 0.2) is 4.79 Å². The van der Waals surface area contributed by atoms with Gasteiger partial charge in [-0.2, -0.15) is 9.50 Å². The average Bonchev–Trinajstić information content (AvgIpc) is 2.88. The Morgan fingerprint density at radius 1 is 1.21 bits per heavy atom. The van der Waals surface area contributed by atoms with Crippen molar-refractivity contribution in [3.8, 4) is 0 Å². The van der Waals surface area contributed by atoms with E-state index in [1.54, 1.807) is 0 Å². The zero-order valence-electron chi connectivity index (χ0n) is 11.4. The second kappa shape index (κ2) is 4.68. The molecule has 0 aliphatic carbocycles. The van der Waals surface area contributed by atoms with Gasteiger partial charge in [0.1, 0.15) is 0 Å². The quantitative estimate of drug-likeness (QED) is 0.884. The lowest BCUT2D eigenvalue weighted by atomic mass is 10.1. The number of anilines is 1. The fraction of sp³-hybridized carbons (Fsp3) is 0.615. The monoisotopic (exact) mass is 261 g/mol. The maximum absolute atomic E-state index is 12.2. The average molecular weight is 261 g/mol. The highest BCUT2D eigenvalue weighted by Crippen LogP contribution is 2.16. The summed E-state index contributed by atoms with van der Waals surface area (Å²) >= 11 is 0. The highest BCUT2D eigenvalue weighted by molar-refractivity contribution is 5.41. The molecule has 0 spiro atoms. The van der Waals surface area contributed by atoms with Gasteiger partial charge in [-0.1, -0.05) is 6.92 Å². The van der Waals surface area contributed by atoms with Gasteiger partial charge in [0.25, 0.3) is 11.3 Å². The molecule has 6 heteroatoms. The molecule has 1 N–H and O–H groups in total. The molecule has 1 saturated heterocycles. The number of aryl methyl sites for hydroxylation is 1. The summed E-state index contributed by atoms with van der Waals surface area (Å²) in [5, 5.41) is 3.08. The van der Waals surface area contributed by atoms with Crippen molar-refractivity contribution in [1.29, 1.82) is 0 Å². The van der Waals surface area contributed by atoms with Crippen LogP contribution in [0.3, 0.4) is 0 Å². The predicted molar refractivity (Wildman–Crippen MR) is 73.8 cm³/mol. The summed E-state index contributed by atoms with van der Waals surface area (Å²) in [6.45, 7) is 5.81. The molecule has 0 aromatic carbocycles. The molecule has 2 aromatic rings. The van der Waals surface area contributed by atoms with Crippen LogP contribution in [0.25, 0.3) is 5.78 Å². The molecule has 0 atom stereocenters. The van der Waals surface area contributed by atoms with Crippen LogP contribution in [0.1, 0.15) is 37.4 Å². The van der Waals surface area contributed by atoms with E-state index in [4.69, 9.17) is 0 Å². The fourth-order valence-corrected chi connectivity index (χ4v) is 2.62. The van der Waals surface area contributed by atoms with Gasteiger partial charge in [0.2, 0.25) is 5.95 Å². The minimum Gasteiger partial charge on any atom is -0.341 e. The Morgan fingerprint density at radius 3 is 2.63 bits per heavy atom. The largest absolute Gasteiger partial charge is 0.341 e. The van der Waals surface area contributed by atoms with Gasteiger partial charge in [-0.3, -0.25) is 9.89 Å². The maximum Gasteiger partial charge on any atom is 0.277 e. The van der Waals surface area contributed by atoms with E-state index in [9.17, 15) is 4.79 Å². The third kappa shape index (κ3) is 2.01. The molecule has 3 rings (SSSR count). The number of H-pyrrole nitrogens is 1. The molecule has 102 valence electrons. The van der Waals surface area contributed by atoms with E-state index in [0.29, 0.717) is 11.3 Å². The van der Waals surface area contributed by atoms with Gasteiger partial charge >= 0.3 is 0 Å². The van der Waals surface area contributed by atoms with E-state index < -0.39 is 0 Å². The fourth-order valence-electron chi connectivity index (χ4n) is 2.62. The minimum absolute atomic E-state index is 0.0439. The Morgan fingerprint density at radius 2 is 1.95 bits per heavy atom. The molecule has 0 amide bonds. The molecular weight excluding hydrogens is 242 g/mol. The molecule has 1 aliphatic rings. The number of rotatable bonds is 2. The second-order valence-corrected chi connectivity index (χ2v) is 5.07. The first-order valence-corrected chi connectivity index (χ1v) is 6.94. The first kappa shape index (κ1) is 12.2. The van der Waals surface area contributed by atoms with Crippen LogP contribution in [0.4, 0.5) is 5.95 Å². The SMILES string of the molecule is CCc1nc2nc(N3CCCCC3)[nH]n2c(=O)c1C. The van der Waals surface area contributed by atoms with E-state index in [0.717, 1.165) is 31.2 Å². The smallest absolute Gasteiger partial charge is 0.277 e. The summed E-state index contributed by atoms with van der Waals surface area (Å²) in [5.74, 6) is 1.24. The van der Waals surface area contributed by atoms with Crippen molar-refractivity contribution >= 4 is 11.7 Å². The number of piperidine rings is 1. The Labute approximate surface area is 111 Å². The summed E-state index contributed by atoms with van der Waals surface area (Å²) in [5.41, 5.74) is 1.49. The molecule has 0 unspecified atom stereocenters. The zero-order chi connectivity index (χ0) is 13.4. The summed E-state index contributed by atoms with van der Waals surface area (Å²) in [6, 6.07) is 0. The number of hydrogen-bond acceptors (Lipinski definition) is 4. The number of hydrogen-bond donors (Lipinski definition) is 1. The first-order chi connectivity index (χ1) is 9.20. The lowest BCUT2D eigenvalue weighted by Crippen LogP contribution is -2.30. The third-order valence-corrected chi connectivity index (χ3v) is 3.80. The van der Waals surface area contributed by atoms with Gasteiger partial charge in [-0.15, -0.1) is 0 Å². The molecule has 1 fully saturated rings. The molecule has 0 saturated carbocycles. The Bertz CT molecular complexity index is 651. The first-order valence-electron chi connectivity index (χ1n) is 6.94. The van der Waals surface area contributed by atoms with Crippen molar-refractivity contribution in [2.24, 2.45) is 0 Å². The Kier molecular flexibility index (Phi) is 3.00. The standard InChI is InChI=1S/C13H19N5O/c1-3-10-9(2)11(19)18-12(14-10)15-13(16-18)17-7-5-4-6-8-17/h3-8H2,1-2H3,(H,14,15,16). The van der Waals surface area contributed by atoms with Crippen LogP contribution in [0.5, 0.6) is 0 Å². The van der Waals surface area contributed by atoms with Crippen LogP contribution < -0.4 is 10.5 Å². The highest BCUT2D eigenvalue weighted by atomic mass is 16.1. The number of nitrogens with zero attached hydrogens (tertiary/aromatic N) is 4. The van der Waals surface area contributed by atoms with Crippen molar-refractivity contribution < 1.29 is 0 Å². The van der Waals surface area contributed by atoms with Gasteiger partial charge in [-0.05, 0) is 32.6 Å². The summed E-state index contributed by atoms with van der Waals surface area (Å²) < 4.78 is 1.46. The van der Waals surface area contributed by atoms with E-state index in [1.807, 2.05) is 13.8 Å². The molecule has 0 radical (unpaired) electrons. The third-order valence-electron chi connectivity index (χ3n) is 3.80. The summed E-state index contributed by atoms with van der Waals surface area (Å²) in [4.78, 5) is 23.4. The van der Waals surface area contributed by atoms with Crippen molar-refractivity contribution in [3.63, 3.8) is 0 Å². The Balaban J connectivity index is 2.10. The minimum atomic E-state index is -0.0439. The number of aromatic amines is 1. The zero-order valence-corrected chi connectivity index (χ0v) is 11.4. The van der Waals surface area contributed by atoms with Crippen LogP contribution in [0, 0.1) is 6.92 Å². The van der Waals surface area contributed by atoms with Gasteiger partial charge in [0.15, 0.2) is 0 Å². The van der Waals surface area contributed by atoms with E-state index >= 15 is 0 Å². The maximum atomic E-state index is 12.2. The van der Waals surface area contributed by atoms with E-state index in [1.165, 1.54) is 23.8 Å². The Hall–Kier alpha value is -1.85. The molecule has 1 aliphatic heterocycles. The molecule has 6 nitrogen and oxygen atoms in total. The van der Waals surface area contributed by atoms with Crippen molar-refractivity contribution in [1.82, 2.24) is 19.6 Å². The van der Waals surface area contributed by atoms with E-state index in [2.05, 4.69) is 20.0 Å². The molecule has 2 aromatic heterocycles. The number of fused-ring (bicyclic) bond motifs is 1. The lowest BCUT2D eigenvalue weighted by Gasteiger charge is -2.25. The molecule has 19 heavy (non-hydrogen) atoms. The molecule has 3 heterocycles. The van der Waals surface area contributed by atoms with Gasteiger partial charge in [0.05, 0.1) is 5.69 Å². The number of aromatic nitrogens is 4. The topological polar surface area (TPSA) is 66.3 Å². The van der Waals surface area contributed by atoms with Gasteiger partial charge in [0, 0.05) is 18.7 Å². The van der Waals surface area contributed by atoms with Crippen LogP contribution in [-0.4, -0.2) is 32.7 Å². The van der Waals surface area contributed by atoms with Crippen molar-refractivity contribution in [2.75, 3.05) is 18.0 Å². The van der Waals surface area contributed by atoms with Crippen molar-refractivity contribution in [3.05, 3.63) is 21.6 Å². The number of nitrogens with one attached hydrogen (secondary N) is 1. The van der Waals surface area contributed by atoms with Crippen LogP contribution >= 0.6 is 0 Å². The highest BCUT2D eigenvalue weighted by Gasteiger charge is 2.17. The van der Waals surface area contributed by atoms with Crippen LogP contribution in [-0.2, 0) is 6.42 Å². The predicted octanol–water partition coefficient (Wildman–Crippen LogP) is 1.28. The normalized spacial score (nSPS) is 16.2. The molecule has 0 bridgehead atoms. The molecular formula is C13H19N5O. The lowest BCUT2D eigenvalue weighted by molar-refractivity contribution is 0.568. The van der Waals surface area contributed by atoms with Gasteiger partial charge in [-0.25, -0.2) is 4.98 Å². The van der Waals surface area contributed by atoms with Crippen molar-refractivity contribution in [2.45, 2.75) is 39.5 Å². The van der Waals surface area contributed by atoms with Gasteiger partial charge < -0.3 is 4.90 Å².